The van der Waals surface area contributed by atoms with Crippen LogP contribution in [0.5, 0.6) is 5.75 Å². The monoisotopic (exact) mass is 408 g/mol. The molecule has 3 rings (SSSR count). The Labute approximate surface area is 169 Å². The summed E-state index contributed by atoms with van der Waals surface area (Å²) in [6.07, 6.45) is 0.525. The summed E-state index contributed by atoms with van der Waals surface area (Å²) in [4.78, 5) is 39.4. The maximum absolute atomic E-state index is 12.6. The number of halogens is 1. The lowest BCUT2D eigenvalue weighted by atomic mass is 10.1. The summed E-state index contributed by atoms with van der Waals surface area (Å²) < 4.78 is 5.34. The normalized spacial score (nSPS) is 22.1. The standard InChI is InChI=1S/C19H25ClN4O4/c1-11-8-13(20)16(28-3)9-15(11)24-7-6-23(10-12(24)2)17(25)5-4-14-18(26)22-19(27)21-14/h8-9,12,14H,4-7,10H2,1-3H3,(H2,21,22,26,27)/t12-,14+/m0/s1. The maximum Gasteiger partial charge on any atom is 0.322 e. The van der Waals surface area contributed by atoms with E-state index in [1.807, 2.05) is 24.0 Å². The lowest BCUT2D eigenvalue weighted by molar-refractivity contribution is -0.132. The van der Waals surface area contributed by atoms with Gasteiger partial charge in [0.25, 0.3) is 5.91 Å². The van der Waals surface area contributed by atoms with Crippen molar-refractivity contribution in [2.24, 2.45) is 0 Å². The first-order chi connectivity index (χ1) is 13.3. The Hall–Kier alpha value is -2.48. The Morgan fingerprint density at radius 2 is 2.07 bits per heavy atom. The lowest BCUT2D eigenvalue weighted by Crippen LogP contribution is -2.54. The molecule has 152 valence electrons. The van der Waals surface area contributed by atoms with Crippen LogP contribution in [0.2, 0.25) is 5.02 Å². The van der Waals surface area contributed by atoms with Crippen LogP contribution in [0.25, 0.3) is 0 Å². The van der Waals surface area contributed by atoms with Crippen molar-refractivity contribution in [1.29, 1.82) is 0 Å². The molecule has 0 bridgehead atoms. The first kappa shape index (κ1) is 20.3. The number of carbonyl (C=O) groups is 3. The van der Waals surface area contributed by atoms with Crippen LogP contribution in [0.3, 0.4) is 0 Å². The Balaban J connectivity index is 1.60. The molecular formula is C19H25ClN4O4. The number of nitrogens with zero attached hydrogens (tertiary/aromatic N) is 2. The average molecular weight is 409 g/mol. The van der Waals surface area contributed by atoms with E-state index >= 15 is 0 Å². The second-order valence-corrected chi connectivity index (χ2v) is 7.62. The minimum Gasteiger partial charge on any atom is -0.495 e. The quantitative estimate of drug-likeness (QED) is 0.723. The molecule has 0 unspecified atom stereocenters. The van der Waals surface area contributed by atoms with E-state index in [4.69, 9.17) is 16.3 Å². The molecule has 0 spiro atoms. The van der Waals surface area contributed by atoms with Gasteiger partial charge < -0.3 is 19.9 Å². The molecule has 2 saturated heterocycles. The molecule has 0 saturated carbocycles. The van der Waals surface area contributed by atoms with Crippen LogP contribution in [0.1, 0.15) is 25.3 Å². The number of carbonyl (C=O) groups excluding carboxylic acids is 3. The Morgan fingerprint density at radius 3 is 2.68 bits per heavy atom. The molecule has 2 atom stereocenters. The first-order valence-electron chi connectivity index (χ1n) is 9.30. The van der Waals surface area contributed by atoms with E-state index in [1.54, 1.807) is 7.11 Å². The molecule has 1 aromatic rings. The minimum absolute atomic E-state index is 0.00847. The number of nitrogens with one attached hydrogen (secondary N) is 2. The summed E-state index contributed by atoms with van der Waals surface area (Å²) in [5, 5.41) is 5.28. The van der Waals surface area contributed by atoms with E-state index in [0.717, 1.165) is 11.3 Å². The van der Waals surface area contributed by atoms with Gasteiger partial charge in [-0.3, -0.25) is 14.9 Å². The molecule has 28 heavy (non-hydrogen) atoms. The Morgan fingerprint density at radius 1 is 1.32 bits per heavy atom. The number of anilines is 1. The highest BCUT2D eigenvalue weighted by molar-refractivity contribution is 6.32. The largest absolute Gasteiger partial charge is 0.495 e. The minimum atomic E-state index is -0.626. The van der Waals surface area contributed by atoms with Crippen molar-refractivity contribution in [1.82, 2.24) is 15.5 Å². The number of ether oxygens (including phenoxy) is 1. The number of urea groups is 1. The highest BCUT2D eigenvalue weighted by Crippen LogP contribution is 2.34. The smallest absolute Gasteiger partial charge is 0.322 e. The van der Waals surface area contributed by atoms with Gasteiger partial charge in [0, 0.05) is 43.9 Å². The van der Waals surface area contributed by atoms with Gasteiger partial charge in [0.05, 0.1) is 12.1 Å². The predicted octanol–water partition coefficient (Wildman–Crippen LogP) is 1.68. The molecule has 2 aliphatic heterocycles. The first-order valence-corrected chi connectivity index (χ1v) is 9.68. The molecule has 2 heterocycles. The molecule has 4 amide bonds. The van der Waals surface area contributed by atoms with E-state index in [-0.39, 0.29) is 24.3 Å². The van der Waals surface area contributed by atoms with Gasteiger partial charge in [-0.2, -0.15) is 0 Å². The zero-order valence-electron chi connectivity index (χ0n) is 16.3. The number of amides is 4. The van der Waals surface area contributed by atoms with E-state index in [0.29, 0.717) is 36.8 Å². The van der Waals surface area contributed by atoms with Crippen molar-refractivity contribution >= 4 is 35.1 Å². The third-order valence-electron chi connectivity index (χ3n) is 5.27. The number of methoxy groups -OCH3 is 1. The third-order valence-corrected chi connectivity index (χ3v) is 5.56. The van der Waals surface area contributed by atoms with Gasteiger partial charge in [0.15, 0.2) is 0 Å². The summed E-state index contributed by atoms with van der Waals surface area (Å²) in [6, 6.07) is 2.82. The maximum atomic E-state index is 12.6. The SMILES string of the molecule is COc1cc(N2CCN(C(=O)CC[C@H]3NC(=O)NC3=O)C[C@@H]2C)c(C)cc1Cl. The zero-order chi connectivity index (χ0) is 20.4. The van der Waals surface area contributed by atoms with Crippen LogP contribution in [-0.4, -0.2) is 61.6 Å². The van der Waals surface area contributed by atoms with Crippen molar-refractivity contribution in [3.05, 3.63) is 22.7 Å². The van der Waals surface area contributed by atoms with Crippen LogP contribution in [0, 0.1) is 6.92 Å². The molecule has 0 radical (unpaired) electrons. The lowest BCUT2D eigenvalue weighted by Gasteiger charge is -2.42. The molecule has 1 aromatic carbocycles. The molecule has 0 aliphatic carbocycles. The molecular weight excluding hydrogens is 384 g/mol. The second kappa shape index (κ2) is 8.26. The fourth-order valence-corrected chi connectivity index (χ4v) is 4.03. The molecule has 2 fully saturated rings. The average Bonchev–Trinajstić information content (AvgIpc) is 2.97. The Kier molecular flexibility index (Phi) is 5.98. The van der Waals surface area contributed by atoms with Crippen LogP contribution >= 0.6 is 11.6 Å². The molecule has 0 aromatic heterocycles. The zero-order valence-corrected chi connectivity index (χ0v) is 17.0. The van der Waals surface area contributed by atoms with Crippen LogP contribution < -0.4 is 20.3 Å². The van der Waals surface area contributed by atoms with Gasteiger partial charge in [0.2, 0.25) is 5.91 Å². The third kappa shape index (κ3) is 4.16. The number of rotatable bonds is 5. The molecule has 2 N–H and O–H groups in total. The predicted molar refractivity (Wildman–Crippen MR) is 106 cm³/mol. The highest BCUT2D eigenvalue weighted by Gasteiger charge is 2.32. The van der Waals surface area contributed by atoms with Crippen molar-refractivity contribution < 1.29 is 19.1 Å². The summed E-state index contributed by atoms with van der Waals surface area (Å²) in [5.41, 5.74) is 2.10. The van der Waals surface area contributed by atoms with Crippen molar-refractivity contribution in [3.63, 3.8) is 0 Å². The fraction of sp³-hybridized carbons (Fsp3) is 0.526. The second-order valence-electron chi connectivity index (χ2n) is 7.21. The van der Waals surface area contributed by atoms with Gasteiger partial charge in [-0.05, 0) is 31.9 Å². The van der Waals surface area contributed by atoms with Crippen molar-refractivity contribution in [3.8, 4) is 5.75 Å². The highest BCUT2D eigenvalue weighted by atomic mass is 35.5. The molecule has 2 aliphatic rings. The van der Waals surface area contributed by atoms with Crippen molar-refractivity contribution in [2.75, 3.05) is 31.6 Å². The number of hydrogen-bond acceptors (Lipinski definition) is 5. The summed E-state index contributed by atoms with van der Waals surface area (Å²) in [7, 11) is 1.59. The van der Waals surface area contributed by atoms with Gasteiger partial charge in [-0.1, -0.05) is 11.6 Å². The van der Waals surface area contributed by atoms with Crippen molar-refractivity contribution in [2.45, 2.75) is 38.8 Å². The number of benzene rings is 1. The van der Waals surface area contributed by atoms with Gasteiger partial charge in [-0.15, -0.1) is 0 Å². The summed E-state index contributed by atoms with van der Waals surface area (Å²) in [5.74, 6) is 0.249. The van der Waals surface area contributed by atoms with Gasteiger partial charge in [-0.25, -0.2) is 4.79 Å². The van der Waals surface area contributed by atoms with E-state index in [1.165, 1.54) is 0 Å². The van der Waals surface area contributed by atoms with E-state index in [2.05, 4.69) is 22.5 Å². The number of piperazine rings is 1. The van der Waals surface area contributed by atoms with Crippen LogP contribution in [0.4, 0.5) is 10.5 Å². The van der Waals surface area contributed by atoms with Crippen LogP contribution in [-0.2, 0) is 9.59 Å². The fourth-order valence-electron chi connectivity index (χ4n) is 3.74. The number of imide groups is 1. The van der Waals surface area contributed by atoms with Crippen LogP contribution in [0.15, 0.2) is 12.1 Å². The summed E-state index contributed by atoms with van der Waals surface area (Å²) >= 11 is 6.20. The topological polar surface area (TPSA) is 91.0 Å². The van der Waals surface area contributed by atoms with E-state index < -0.39 is 12.1 Å². The van der Waals surface area contributed by atoms with Gasteiger partial charge >= 0.3 is 6.03 Å². The Bertz CT molecular complexity index is 800. The number of aryl methyl sites for hydroxylation is 1. The summed E-state index contributed by atoms with van der Waals surface area (Å²) in [6.45, 7) is 5.96. The van der Waals surface area contributed by atoms with Gasteiger partial charge in [0.1, 0.15) is 11.8 Å². The molecule has 9 heteroatoms. The molecule has 8 nitrogen and oxygen atoms in total. The number of hydrogen-bond donors (Lipinski definition) is 2. The van der Waals surface area contributed by atoms with E-state index in [9.17, 15) is 14.4 Å².